The zero-order valence-corrected chi connectivity index (χ0v) is 13.1. The van der Waals surface area contributed by atoms with Gasteiger partial charge in [0, 0.05) is 19.6 Å². The third kappa shape index (κ3) is 2.63. The van der Waals surface area contributed by atoms with Gasteiger partial charge in [-0.25, -0.2) is 9.97 Å². The van der Waals surface area contributed by atoms with Crippen molar-refractivity contribution >= 4 is 17.0 Å². The first-order valence-corrected chi connectivity index (χ1v) is 7.88. The Balaban J connectivity index is 1.76. The van der Waals surface area contributed by atoms with E-state index in [2.05, 4.69) is 37.1 Å². The fourth-order valence-electron chi connectivity index (χ4n) is 2.97. The number of benzene rings is 1. The molecule has 7 heteroatoms. The van der Waals surface area contributed by atoms with Crippen molar-refractivity contribution in [3.8, 4) is 5.69 Å². The first-order valence-electron chi connectivity index (χ1n) is 7.88. The van der Waals surface area contributed by atoms with Crippen molar-refractivity contribution in [3.63, 3.8) is 0 Å². The normalized spacial score (nSPS) is 16.7. The van der Waals surface area contributed by atoms with Crippen LogP contribution in [-0.2, 0) is 0 Å². The van der Waals surface area contributed by atoms with E-state index in [0.29, 0.717) is 0 Å². The minimum atomic E-state index is 0.749. The lowest BCUT2D eigenvalue weighted by Gasteiger charge is -2.21. The summed E-state index contributed by atoms with van der Waals surface area (Å²) >= 11 is 0. The van der Waals surface area contributed by atoms with Crippen LogP contribution in [0.4, 0.5) is 5.82 Å². The Morgan fingerprint density at radius 3 is 2.70 bits per heavy atom. The molecule has 23 heavy (non-hydrogen) atoms. The van der Waals surface area contributed by atoms with Crippen LogP contribution >= 0.6 is 0 Å². The number of anilines is 1. The Hall–Kier alpha value is -2.54. The van der Waals surface area contributed by atoms with E-state index in [1.807, 2.05) is 30.3 Å². The quantitative estimate of drug-likeness (QED) is 0.712. The first kappa shape index (κ1) is 14.1. The monoisotopic (exact) mass is 309 g/mol. The van der Waals surface area contributed by atoms with Gasteiger partial charge in [0.1, 0.15) is 6.33 Å². The van der Waals surface area contributed by atoms with E-state index < -0.39 is 0 Å². The van der Waals surface area contributed by atoms with Gasteiger partial charge in [0.05, 0.1) is 5.69 Å². The largest absolute Gasteiger partial charge is 0.353 e. The second kappa shape index (κ2) is 5.92. The van der Waals surface area contributed by atoms with Crippen molar-refractivity contribution in [3.05, 3.63) is 36.7 Å². The lowest BCUT2D eigenvalue weighted by atomic mass is 10.3. The van der Waals surface area contributed by atoms with Crippen LogP contribution in [0.25, 0.3) is 16.9 Å². The summed E-state index contributed by atoms with van der Waals surface area (Å²) in [5, 5.41) is 8.64. The van der Waals surface area contributed by atoms with E-state index >= 15 is 0 Å². The molecular formula is C16H19N7. The number of fused-ring (bicyclic) bond motifs is 1. The summed E-state index contributed by atoms with van der Waals surface area (Å²) in [7, 11) is 2.16. The number of aromatic nitrogens is 5. The average Bonchev–Trinajstić information content (AvgIpc) is 2.91. The minimum absolute atomic E-state index is 0.749. The van der Waals surface area contributed by atoms with Crippen molar-refractivity contribution in [2.24, 2.45) is 0 Å². The van der Waals surface area contributed by atoms with Crippen LogP contribution in [0.3, 0.4) is 0 Å². The van der Waals surface area contributed by atoms with Gasteiger partial charge in [0.15, 0.2) is 17.0 Å². The average molecular weight is 309 g/mol. The summed E-state index contributed by atoms with van der Waals surface area (Å²) in [5.74, 6) is 0.882. The predicted molar refractivity (Wildman–Crippen MR) is 88.8 cm³/mol. The van der Waals surface area contributed by atoms with Gasteiger partial charge in [-0.15, -0.1) is 5.10 Å². The fraction of sp³-hybridized carbons (Fsp3) is 0.375. The molecule has 0 atom stereocenters. The number of para-hydroxylation sites is 1. The van der Waals surface area contributed by atoms with Crippen molar-refractivity contribution in [1.29, 1.82) is 0 Å². The van der Waals surface area contributed by atoms with Crippen LogP contribution < -0.4 is 4.90 Å². The molecule has 0 N–H and O–H groups in total. The maximum atomic E-state index is 4.48. The van der Waals surface area contributed by atoms with Crippen molar-refractivity contribution < 1.29 is 0 Å². The number of likely N-dealkylation sites (N-methyl/N-ethyl adjacent to an activating group) is 1. The van der Waals surface area contributed by atoms with Gasteiger partial charge < -0.3 is 9.80 Å². The van der Waals surface area contributed by atoms with E-state index in [0.717, 1.165) is 55.3 Å². The van der Waals surface area contributed by atoms with Gasteiger partial charge >= 0.3 is 0 Å². The molecule has 1 aliphatic heterocycles. The van der Waals surface area contributed by atoms with E-state index in [1.165, 1.54) is 0 Å². The third-order valence-corrected chi connectivity index (χ3v) is 4.24. The maximum absolute atomic E-state index is 4.48. The van der Waals surface area contributed by atoms with Crippen molar-refractivity contribution in [2.75, 3.05) is 38.1 Å². The number of hydrogen-bond donors (Lipinski definition) is 0. The second-order valence-electron chi connectivity index (χ2n) is 5.85. The molecule has 3 heterocycles. The van der Waals surface area contributed by atoms with E-state index in [9.17, 15) is 0 Å². The van der Waals surface area contributed by atoms with Gasteiger partial charge in [-0.3, -0.25) is 0 Å². The molecular weight excluding hydrogens is 290 g/mol. The molecule has 0 amide bonds. The van der Waals surface area contributed by atoms with E-state index in [-0.39, 0.29) is 0 Å². The topological polar surface area (TPSA) is 63.0 Å². The highest BCUT2D eigenvalue weighted by atomic mass is 15.5. The summed E-state index contributed by atoms with van der Waals surface area (Å²) in [6.07, 6.45) is 2.73. The highest BCUT2D eigenvalue weighted by Crippen LogP contribution is 2.23. The lowest BCUT2D eigenvalue weighted by Crippen LogP contribution is -2.29. The highest BCUT2D eigenvalue weighted by molar-refractivity contribution is 5.83. The van der Waals surface area contributed by atoms with Crippen LogP contribution in [-0.4, -0.2) is 63.1 Å². The number of rotatable bonds is 2. The molecule has 0 bridgehead atoms. The predicted octanol–water partition coefficient (Wildman–Crippen LogP) is 1.35. The molecule has 0 saturated carbocycles. The number of nitrogens with zero attached hydrogens (tertiary/aromatic N) is 7. The molecule has 2 aromatic heterocycles. The summed E-state index contributed by atoms with van der Waals surface area (Å²) in [6, 6.07) is 9.94. The van der Waals surface area contributed by atoms with Gasteiger partial charge in [0.25, 0.3) is 0 Å². The molecule has 0 aliphatic carbocycles. The zero-order valence-electron chi connectivity index (χ0n) is 13.1. The first-order chi connectivity index (χ1) is 11.3. The van der Waals surface area contributed by atoms with Crippen molar-refractivity contribution in [2.45, 2.75) is 6.42 Å². The molecule has 1 aromatic carbocycles. The molecule has 1 aliphatic rings. The summed E-state index contributed by atoms with van der Waals surface area (Å²) in [5.41, 5.74) is 2.47. The molecule has 1 fully saturated rings. The summed E-state index contributed by atoms with van der Waals surface area (Å²) in [4.78, 5) is 13.5. The lowest BCUT2D eigenvalue weighted by molar-refractivity contribution is 0.360. The van der Waals surface area contributed by atoms with Gasteiger partial charge in [0.2, 0.25) is 0 Å². The Labute approximate surface area is 134 Å². The Morgan fingerprint density at radius 2 is 1.83 bits per heavy atom. The van der Waals surface area contributed by atoms with Crippen LogP contribution in [0.1, 0.15) is 6.42 Å². The van der Waals surface area contributed by atoms with Crippen LogP contribution in [0.5, 0.6) is 0 Å². The SMILES string of the molecule is CN1CCCN(c2ncnc3c2nnn3-c2ccccc2)CC1. The maximum Gasteiger partial charge on any atom is 0.189 e. The van der Waals surface area contributed by atoms with E-state index in [1.54, 1.807) is 11.0 Å². The molecule has 118 valence electrons. The molecule has 7 nitrogen and oxygen atoms in total. The standard InChI is InChI=1S/C16H19N7/c1-21-8-5-9-22(11-10-21)15-14-16(18-12-17-15)23(20-19-14)13-6-3-2-4-7-13/h2-4,6-7,12H,5,8-11H2,1H3. The molecule has 0 spiro atoms. The zero-order chi connectivity index (χ0) is 15.6. The summed E-state index contributed by atoms with van der Waals surface area (Å²) in [6.45, 7) is 4.06. The van der Waals surface area contributed by atoms with Gasteiger partial charge in [-0.1, -0.05) is 23.4 Å². The van der Waals surface area contributed by atoms with Crippen molar-refractivity contribution in [1.82, 2.24) is 29.9 Å². The van der Waals surface area contributed by atoms with Crippen LogP contribution in [0.15, 0.2) is 36.7 Å². The van der Waals surface area contributed by atoms with Gasteiger partial charge in [-0.05, 0) is 32.1 Å². The van der Waals surface area contributed by atoms with Crippen LogP contribution in [0, 0.1) is 0 Å². The molecule has 0 unspecified atom stereocenters. The minimum Gasteiger partial charge on any atom is -0.353 e. The second-order valence-corrected chi connectivity index (χ2v) is 5.85. The highest BCUT2D eigenvalue weighted by Gasteiger charge is 2.19. The summed E-state index contributed by atoms with van der Waals surface area (Å²) < 4.78 is 1.77. The van der Waals surface area contributed by atoms with Crippen LogP contribution in [0.2, 0.25) is 0 Å². The van der Waals surface area contributed by atoms with E-state index in [4.69, 9.17) is 0 Å². The molecule has 3 aromatic rings. The Bertz CT molecular complexity index is 799. The molecule has 0 radical (unpaired) electrons. The van der Waals surface area contributed by atoms with Gasteiger partial charge in [-0.2, -0.15) is 4.68 Å². The Kier molecular flexibility index (Phi) is 3.63. The third-order valence-electron chi connectivity index (χ3n) is 4.24. The molecule has 4 rings (SSSR count). The Morgan fingerprint density at radius 1 is 0.957 bits per heavy atom. The smallest absolute Gasteiger partial charge is 0.189 e. The molecule has 1 saturated heterocycles. The number of hydrogen-bond acceptors (Lipinski definition) is 6. The fourth-order valence-corrected chi connectivity index (χ4v) is 2.97.